The molecule has 1 fully saturated rings. The van der Waals surface area contributed by atoms with Crippen LogP contribution in [-0.2, 0) is 16.0 Å². The van der Waals surface area contributed by atoms with Crippen LogP contribution >= 0.6 is 11.6 Å². The van der Waals surface area contributed by atoms with Crippen LogP contribution in [0.2, 0.25) is 5.02 Å². The maximum atomic E-state index is 12.5. The number of aromatic amines is 1. The lowest BCUT2D eigenvalue weighted by atomic mass is 10.1. The highest BCUT2D eigenvalue weighted by atomic mass is 35.5. The summed E-state index contributed by atoms with van der Waals surface area (Å²) >= 11 is 5.98. The highest BCUT2D eigenvalue weighted by molar-refractivity contribution is 6.31. The predicted octanol–water partition coefficient (Wildman–Crippen LogP) is 2.66. The molecule has 7 heteroatoms. The Morgan fingerprint density at radius 2 is 1.92 bits per heavy atom. The number of aromatic nitrogens is 1. The van der Waals surface area contributed by atoms with Crippen LogP contribution in [-0.4, -0.2) is 59.6 Å². The first-order valence-electron chi connectivity index (χ1n) is 8.03. The molecule has 0 bridgehead atoms. The van der Waals surface area contributed by atoms with Gasteiger partial charge in [0.15, 0.2) is 0 Å². The molecule has 1 aromatic carbocycles. The van der Waals surface area contributed by atoms with E-state index in [0.29, 0.717) is 44.2 Å². The minimum absolute atomic E-state index is 0.0642. The average Bonchev–Trinajstić information content (AvgIpc) is 2.97. The molecular weight excluding hydrogens is 330 g/mol. The number of hydrogen-bond donors (Lipinski definition) is 1. The van der Waals surface area contributed by atoms with E-state index in [1.165, 1.54) is 0 Å². The normalized spacial score (nSPS) is 14.9. The fourth-order valence-corrected chi connectivity index (χ4v) is 3.10. The third-order valence-electron chi connectivity index (χ3n) is 4.23. The van der Waals surface area contributed by atoms with E-state index in [9.17, 15) is 9.59 Å². The van der Waals surface area contributed by atoms with Crippen molar-refractivity contribution in [2.24, 2.45) is 0 Å². The van der Waals surface area contributed by atoms with Crippen LogP contribution in [0.4, 0.5) is 4.79 Å². The van der Waals surface area contributed by atoms with Crippen molar-refractivity contribution in [1.29, 1.82) is 0 Å². The number of halogens is 1. The van der Waals surface area contributed by atoms with Crippen LogP contribution in [0.25, 0.3) is 10.9 Å². The summed E-state index contributed by atoms with van der Waals surface area (Å²) in [6.07, 6.45) is 1.88. The third kappa shape index (κ3) is 3.48. The Labute approximate surface area is 145 Å². The van der Waals surface area contributed by atoms with E-state index < -0.39 is 0 Å². The molecule has 2 aromatic rings. The largest absolute Gasteiger partial charge is 0.450 e. The van der Waals surface area contributed by atoms with E-state index in [1.54, 1.807) is 16.7 Å². The summed E-state index contributed by atoms with van der Waals surface area (Å²) in [5.41, 5.74) is 1.89. The number of amides is 2. The van der Waals surface area contributed by atoms with Gasteiger partial charge in [-0.1, -0.05) is 17.7 Å². The zero-order valence-corrected chi connectivity index (χ0v) is 14.3. The Bertz CT molecular complexity index is 751. The number of rotatable bonds is 3. The molecule has 2 heterocycles. The first kappa shape index (κ1) is 16.6. The second-order valence-electron chi connectivity index (χ2n) is 5.75. The second-order valence-corrected chi connectivity index (χ2v) is 6.18. The number of piperazine rings is 1. The minimum Gasteiger partial charge on any atom is -0.450 e. The smallest absolute Gasteiger partial charge is 0.409 e. The number of nitrogens with zero attached hydrogens (tertiary/aromatic N) is 2. The highest BCUT2D eigenvalue weighted by Gasteiger charge is 2.25. The summed E-state index contributed by atoms with van der Waals surface area (Å²) in [5, 5.41) is 1.68. The molecule has 1 saturated heterocycles. The Hall–Kier alpha value is -2.21. The number of carbonyl (C=O) groups excluding carboxylic acids is 2. The molecule has 1 aliphatic heterocycles. The Balaban J connectivity index is 1.60. The van der Waals surface area contributed by atoms with Gasteiger partial charge in [0.05, 0.1) is 13.0 Å². The summed E-state index contributed by atoms with van der Waals surface area (Å²) in [6, 6.07) is 5.60. The average molecular weight is 350 g/mol. The zero-order valence-electron chi connectivity index (χ0n) is 13.5. The van der Waals surface area contributed by atoms with Gasteiger partial charge < -0.3 is 19.5 Å². The van der Waals surface area contributed by atoms with Gasteiger partial charge in [0.1, 0.15) is 0 Å². The van der Waals surface area contributed by atoms with Crippen molar-refractivity contribution in [1.82, 2.24) is 14.8 Å². The van der Waals surface area contributed by atoms with Gasteiger partial charge in [0.2, 0.25) is 5.91 Å². The van der Waals surface area contributed by atoms with Gasteiger partial charge in [-0.25, -0.2) is 4.79 Å². The molecule has 128 valence electrons. The number of carbonyl (C=O) groups is 2. The molecule has 0 aliphatic carbocycles. The van der Waals surface area contributed by atoms with Gasteiger partial charge in [0, 0.05) is 48.3 Å². The van der Waals surface area contributed by atoms with Crippen LogP contribution in [0.1, 0.15) is 12.5 Å². The molecule has 3 rings (SSSR count). The first-order valence-corrected chi connectivity index (χ1v) is 8.41. The number of ether oxygens (including phenoxy) is 1. The molecule has 1 N–H and O–H groups in total. The maximum absolute atomic E-state index is 12.5. The molecule has 0 spiro atoms. The van der Waals surface area contributed by atoms with E-state index in [1.807, 2.05) is 24.4 Å². The number of hydrogen-bond acceptors (Lipinski definition) is 3. The monoisotopic (exact) mass is 349 g/mol. The molecule has 1 aromatic heterocycles. The van der Waals surface area contributed by atoms with E-state index in [2.05, 4.69) is 4.98 Å². The SMILES string of the molecule is CCOC(=O)N1CCN(C(=O)Cc2c[nH]c3cc(Cl)ccc23)CC1. The maximum Gasteiger partial charge on any atom is 0.409 e. The van der Waals surface area contributed by atoms with Crippen LogP contribution in [0.3, 0.4) is 0 Å². The van der Waals surface area contributed by atoms with E-state index in [4.69, 9.17) is 16.3 Å². The predicted molar refractivity (Wildman–Crippen MR) is 92.2 cm³/mol. The van der Waals surface area contributed by atoms with Crippen molar-refractivity contribution < 1.29 is 14.3 Å². The van der Waals surface area contributed by atoms with Gasteiger partial charge in [-0.3, -0.25) is 4.79 Å². The van der Waals surface area contributed by atoms with Crippen LogP contribution in [0, 0.1) is 0 Å². The Kier molecular flexibility index (Phi) is 4.94. The molecule has 0 unspecified atom stereocenters. The van der Waals surface area contributed by atoms with Crippen molar-refractivity contribution in [3.8, 4) is 0 Å². The minimum atomic E-state index is -0.307. The van der Waals surface area contributed by atoms with Gasteiger partial charge in [-0.05, 0) is 24.6 Å². The fraction of sp³-hybridized carbons (Fsp3) is 0.412. The van der Waals surface area contributed by atoms with Crippen molar-refractivity contribution in [2.45, 2.75) is 13.3 Å². The second kappa shape index (κ2) is 7.13. The Morgan fingerprint density at radius 3 is 2.62 bits per heavy atom. The zero-order chi connectivity index (χ0) is 17.1. The topological polar surface area (TPSA) is 65.6 Å². The lowest BCUT2D eigenvalue weighted by Gasteiger charge is -2.34. The van der Waals surface area contributed by atoms with Gasteiger partial charge in [-0.15, -0.1) is 0 Å². The molecule has 0 radical (unpaired) electrons. The number of fused-ring (bicyclic) bond motifs is 1. The standard InChI is InChI=1S/C17H20ClN3O3/c1-2-24-17(23)21-7-5-20(6-8-21)16(22)9-12-11-19-15-10-13(18)3-4-14(12)15/h3-4,10-11,19H,2,5-9H2,1H3. The Morgan fingerprint density at radius 1 is 1.21 bits per heavy atom. The molecule has 0 saturated carbocycles. The summed E-state index contributed by atoms with van der Waals surface area (Å²) in [4.78, 5) is 30.8. The molecule has 1 aliphatic rings. The summed E-state index contributed by atoms with van der Waals surface area (Å²) < 4.78 is 4.99. The number of benzene rings is 1. The van der Waals surface area contributed by atoms with Crippen LogP contribution in [0.15, 0.2) is 24.4 Å². The van der Waals surface area contributed by atoms with Crippen LogP contribution < -0.4 is 0 Å². The lowest BCUT2D eigenvalue weighted by Crippen LogP contribution is -2.51. The summed E-state index contributed by atoms with van der Waals surface area (Å²) in [7, 11) is 0. The van der Waals surface area contributed by atoms with E-state index in [0.717, 1.165) is 16.5 Å². The number of H-pyrrole nitrogens is 1. The van der Waals surface area contributed by atoms with Gasteiger partial charge in [-0.2, -0.15) is 0 Å². The molecule has 6 nitrogen and oxygen atoms in total. The first-order chi connectivity index (χ1) is 11.6. The number of nitrogens with one attached hydrogen (secondary N) is 1. The van der Waals surface area contributed by atoms with E-state index >= 15 is 0 Å². The van der Waals surface area contributed by atoms with E-state index in [-0.39, 0.29) is 12.0 Å². The fourth-order valence-electron chi connectivity index (χ4n) is 2.93. The summed E-state index contributed by atoms with van der Waals surface area (Å²) in [6.45, 7) is 4.23. The molecular formula is C17H20ClN3O3. The van der Waals surface area contributed by atoms with Gasteiger partial charge >= 0.3 is 6.09 Å². The molecule has 24 heavy (non-hydrogen) atoms. The van der Waals surface area contributed by atoms with Crippen LogP contribution in [0.5, 0.6) is 0 Å². The highest BCUT2D eigenvalue weighted by Crippen LogP contribution is 2.23. The van der Waals surface area contributed by atoms with Crippen molar-refractivity contribution in [3.63, 3.8) is 0 Å². The molecule has 0 atom stereocenters. The quantitative estimate of drug-likeness (QED) is 0.926. The lowest BCUT2D eigenvalue weighted by molar-refractivity contribution is -0.132. The summed E-state index contributed by atoms with van der Waals surface area (Å²) in [5.74, 6) is 0.0642. The third-order valence-corrected chi connectivity index (χ3v) is 4.46. The van der Waals surface area contributed by atoms with Crippen molar-refractivity contribution in [3.05, 3.63) is 35.0 Å². The van der Waals surface area contributed by atoms with Gasteiger partial charge in [0.25, 0.3) is 0 Å². The van der Waals surface area contributed by atoms with Crippen molar-refractivity contribution in [2.75, 3.05) is 32.8 Å². The molecule has 2 amide bonds. The van der Waals surface area contributed by atoms with Crippen molar-refractivity contribution >= 4 is 34.5 Å².